The van der Waals surface area contributed by atoms with Crippen molar-refractivity contribution in [3.63, 3.8) is 0 Å². The molecule has 0 radical (unpaired) electrons. The lowest BCUT2D eigenvalue weighted by atomic mass is 9.84. The van der Waals surface area contributed by atoms with Crippen LogP contribution in [0, 0.1) is 11.8 Å². The van der Waals surface area contributed by atoms with E-state index < -0.39 is 17.9 Å². The smallest absolute Gasteiger partial charge is 0.307 e. The van der Waals surface area contributed by atoms with Crippen LogP contribution in [0.25, 0.3) is 0 Å². The second-order valence-electron chi connectivity index (χ2n) is 8.67. The van der Waals surface area contributed by atoms with Crippen molar-refractivity contribution in [2.45, 2.75) is 117 Å². The van der Waals surface area contributed by atoms with Gasteiger partial charge in [-0.05, 0) is 44.9 Å². The zero-order chi connectivity index (χ0) is 23.3. The number of carboxylic acid groups (broad SMARTS) is 1. The number of hydrogen-bond acceptors (Lipinski definition) is 4. The molecule has 0 saturated heterocycles. The number of ketones is 1. The Morgan fingerprint density at radius 2 is 1.52 bits per heavy atom. The van der Waals surface area contributed by atoms with Crippen LogP contribution in [0.3, 0.4) is 0 Å². The molecule has 0 saturated carbocycles. The maximum atomic E-state index is 12.1. The fourth-order valence-corrected chi connectivity index (χ4v) is 3.73. The van der Waals surface area contributed by atoms with E-state index in [9.17, 15) is 19.5 Å². The van der Waals surface area contributed by atoms with Crippen molar-refractivity contribution in [1.82, 2.24) is 0 Å². The molecule has 31 heavy (non-hydrogen) atoms. The average molecular weight is 439 g/mol. The summed E-state index contributed by atoms with van der Waals surface area (Å²) in [5.74, 6) is -2.06. The molecule has 2 unspecified atom stereocenters. The molecule has 0 fully saturated rings. The van der Waals surface area contributed by atoms with Crippen molar-refractivity contribution >= 4 is 17.7 Å². The summed E-state index contributed by atoms with van der Waals surface area (Å²) in [4.78, 5) is 35.0. The zero-order valence-electron chi connectivity index (χ0n) is 20.2. The number of esters is 1. The van der Waals surface area contributed by atoms with Gasteiger partial charge in [0, 0.05) is 6.42 Å². The number of aliphatic carboxylic acids is 1. The van der Waals surface area contributed by atoms with Crippen LogP contribution >= 0.6 is 0 Å². The molecule has 0 heterocycles. The molecule has 0 bridgehead atoms. The van der Waals surface area contributed by atoms with Gasteiger partial charge >= 0.3 is 11.9 Å². The van der Waals surface area contributed by atoms with Gasteiger partial charge in [0.1, 0.15) is 5.78 Å². The first-order chi connectivity index (χ1) is 14.9. The molecule has 180 valence electrons. The Morgan fingerprint density at radius 3 is 2.16 bits per heavy atom. The third-order valence-electron chi connectivity index (χ3n) is 5.61. The summed E-state index contributed by atoms with van der Waals surface area (Å²) < 4.78 is 5.13. The van der Waals surface area contributed by atoms with Crippen LogP contribution in [0.4, 0.5) is 0 Å². The van der Waals surface area contributed by atoms with Gasteiger partial charge in [0.2, 0.25) is 0 Å². The minimum Gasteiger partial charge on any atom is -0.481 e. The second kappa shape index (κ2) is 20.3. The van der Waals surface area contributed by atoms with E-state index in [1.54, 1.807) is 6.92 Å². The Bertz CT molecular complexity index is 512. The number of Topliss-reactive ketones (excluding diaryl/α,β-unsaturated/α-hetero) is 1. The average Bonchev–Trinajstić information content (AvgIpc) is 2.73. The van der Waals surface area contributed by atoms with Crippen LogP contribution in [-0.2, 0) is 19.1 Å². The van der Waals surface area contributed by atoms with E-state index in [0.29, 0.717) is 13.0 Å². The van der Waals surface area contributed by atoms with Crippen molar-refractivity contribution in [1.29, 1.82) is 0 Å². The summed E-state index contributed by atoms with van der Waals surface area (Å²) in [6.07, 6.45) is 18.2. The van der Waals surface area contributed by atoms with Crippen molar-refractivity contribution < 1.29 is 24.2 Å². The molecule has 2 atom stereocenters. The van der Waals surface area contributed by atoms with Crippen LogP contribution in [0.2, 0.25) is 0 Å². The van der Waals surface area contributed by atoms with Gasteiger partial charge in [-0.1, -0.05) is 77.4 Å². The van der Waals surface area contributed by atoms with Gasteiger partial charge in [-0.3, -0.25) is 9.59 Å². The van der Waals surface area contributed by atoms with Gasteiger partial charge in [-0.15, -0.1) is 0 Å². The van der Waals surface area contributed by atoms with Gasteiger partial charge in [-0.25, -0.2) is 0 Å². The largest absolute Gasteiger partial charge is 0.481 e. The summed E-state index contributed by atoms with van der Waals surface area (Å²) in [5, 5.41) is 9.76. The molecule has 5 heteroatoms. The lowest BCUT2D eigenvalue weighted by molar-refractivity contribution is -0.152. The van der Waals surface area contributed by atoms with E-state index in [0.717, 1.165) is 51.4 Å². The molecular formula is C26H46O5. The minimum atomic E-state index is -0.931. The van der Waals surface area contributed by atoms with E-state index in [4.69, 9.17) is 4.74 Å². The molecular weight excluding hydrogens is 392 g/mol. The van der Waals surface area contributed by atoms with Gasteiger partial charge in [-0.2, -0.15) is 0 Å². The van der Waals surface area contributed by atoms with Crippen LogP contribution in [-0.4, -0.2) is 29.4 Å². The molecule has 0 rings (SSSR count). The van der Waals surface area contributed by atoms with E-state index in [1.165, 1.54) is 32.1 Å². The van der Waals surface area contributed by atoms with Gasteiger partial charge < -0.3 is 14.6 Å². The third kappa shape index (κ3) is 17.7. The Balaban J connectivity index is 4.72. The highest BCUT2D eigenvalue weighted by Crippen LogP contribution is 2.26. The maximum Gasteiger partial charge on any atom is 0.307 e. The predicted molar refractivity (Wildman–Crippen MR) is 126 cm³/mol. The normalized spacial score (nSPS) is 13.3. The first-order valence-corrected chi connectivity index (χ1v) is 12.5. The molecule has 0 aliphatic heterocycles. The van der Waals surface area contributed by atoms with E-state index >= 15 is 0 Å². The molecule has 0 aromatic heterocycles. The fourth-order valence-electron chi connectivity index (χ4n) is 3.73. The Kier molecular flexibility index (Phi) is 19.2. The molecule has 0 aromatic rings. The highest BCUT2D eigenvalue weighted by molar-refractivity contribution is 5.79. The van der Waals surface area contributed by atoms with E-state index in [2.05, 4.69) is 13.0 Å². The first kappa shape index (κ1) is 29.4. The van der Waals surface area contributed by atoms with Gasteiger partial charge in [0.25, 0.3) is 0 Å². The summed E-state index contributed by atoms with van der Waals surface area (Å²) in [5.41, 5.74) is 0. The topological polar surface area (TPSA) is 80.7 Å². The summed E-state index contributed by atoms with van der Waals surface area (Å²) in [6, 6.07) is 0. The molecule has 1 N–H and O–H groups in total. The number of carbonyl (C=O) groups excluding carboxylic acids is 2. The first-order valence-electron chi connectivity index (χ1n) is 12.5. The number of allylic oxidation sites excluding steroid dienone is 2. The molecule has 0 aliphatic rings. The highest BCUT2D eigenvalue weighted by atomic mass is 16.5. The van der Waals surface area contributed by atoms with Gasteiger partial charge in [0.05, 0.1) is 18.9 Å². The lowest BCUT2D eigenvalue weighted by Crippen LogP contribution is -2.26. The standard InChI is InChI=1S/C26H46O5/c1-4-6-7-8-9-10-11-15-18-23(19-16-13-12-14-17-22(3)27)24(26(29)30)21-25(28)31-20-5-2/h15,18,23-24H,4-14,16-17,19-21H2,1-3H3,(H,29,30)/b18-15+. The van der Waals surface area contributed by atoms with Crippen LogP contribution in [0.15, 0.2) is 12.2 Å². The van der Waals surface area contributed by atoms with Crippen molar-refractivity contribution in [2.24, 2.45) is 11.8 Å². The molecule has 5 nitrogen and oxygen atoms in total. The molecule has 0 amide bonds. The quantitative estimate of drug-likeness (QED) is 0.120. The SMILES string of the molecule is CCCCCCCC/C=C/C(CCCCCCC(C)=O)C(CC(=O)OCCC)C(=O)O. The molecule has 0 aliphatic carbocycles. The zero-order valence-corrected chi connectivity index (χ0v) is 20.2. The Labute approximate surface area is 190 Å². The highest BCUT2D eigenvalue weighted by Gasteiger charge is 2.29. The van der Waals surface area contributed by atoms with E-state index in [-0.39, 0.29) is 18.1 Å². The number of carboxylic acids is 1. The number of ether oxygens (including phenoxy) is 1. The molecule has 0 spiro atoms. The van der Waals surface area contributed by atoms with E-state index in [1.807, 2.05) is 13.0 Å². The molecule has 0 aromatic carbocycles. The number of rotatable bonds is 21. The summed E-state index contributed by atoms with van der Waals surface area (Å²) >= 11 is 0. The Morgan fingerprint density at radius 1 is 0.871 bits per heavy atom. The van der Waals surface area contributed by atoms with Crippen molar-refractivity contribution in [2.75, 3.05) is 6.61 Å². The van der Waals surface area contributed by atoms with Crippen molar-refractivity contribution in [3.05, 3.63) is 12.2 Å². The maximum absolute atomic E-state index is 12.1. The van der Waals surface area contributed by atoms with Crippen LogP contribution < -0.4 is 0 Å². The van der Waals surface area contributed by atoms with Crippen molar-refractivity contribution in [3.8, 4) is 0 Å². The number of carbonyl (C=O) groups is 3. The predicted octanol–water partition coefficient (Wildman–Crippen LogP) is 6.88. The van der Waals surface area contributed by atoms with Crippen LogP contribution in [0.5, 0.6) is 0 Å². The lowest BCUT2D eigenvalue weighted by Gasteiger charge is -2.21. The number of hydrogen-bond donors (Lipinski definition) is 1. The fraction of sp³-hybridized carbons (Fsp3) is 0.808. The Hall–Kier alpha value is -1.65. The number of unbranched alkanes of at least 4 members (excludes halogenated alkanes) is 9. The summed E-state index contributed by atoms with van der Waals surface area (Å²) in [7, 11) is 0. The monoisotopic (exact) mass is 438 g/mol. The van der Waals surface area contributed by atoms with Gasteiger partial charge in [0.15, 0.2) is 0 Å². The second-order valence-corrected chi connectivity index (χ2v) is 8.67. The third-order valence-corrected chi connectivity index (χ3v) is 5.61. The summed E-state index contributed by atoms with van der Waals surface area (Å²) in [6.45, 7) is 6.07. The minimum absolute atomic E-state index is 0.0777. The van der Waals surface area contributed by atoms with Crippen LogP contribution in [0.1, 0.15) is 117 Å².